The molecule has 0 aliphatic heterocycles. The Morgan fingerprint density at radius 2 is 1.90 bits per heavy atom. The maximum absolute atomic E-state index is 13.4. The summed E-state index contributed by atoms with van der Waals surface area (Å²) in [5, 5.41) is 20.9. The number of hydrogen-bond donors (Lipinski definition) is 0. The molecule has 0 spiro atoms. The van der Waals surface area contributed by atoms with Crippen LogP contribution in [0.25, 0.3) is 0 Å². The van der Waals surface area contributed by atoms with Crippen molar-refractivity contribution in [1.29, 1.82) is 0 Å². The van der Waals surface area contributed by atoms with E-state index in [9.17, 15) is 24.6 Å². The Morgan fingerprint density at radius 1 is 1.19 bits per heavy atom. The molecule has 9 nitrogen and oxygen atoms in total. The molecule has 2 aromatic rings. The van der Waals surface area contributed by atoms with Crippen LogP contribution in [0.5, 0.6) is 11.6 Å². The molecular formula is C10H4ClFN4O5. The summed E-state index contributed by atoms with van der Waals surface area (Å²) in [6.07, 6.45) is 0.923. The Balaban J connectivity index is 2.39. The minimum absolute atomic E-state index is 0.212. The van der Waals surface area contributed by atoms with Crippen molar-refractivity contribution in [2.75, 3.05) is 0 Å². The largest absolute Gasteiger partial charge is 0.433 e. The van der Waals surface area contributed by atoms with Crippen molar-refractivity contribution < 1.29 is 19.0 Å². The molecule has 0 N–H and O–H groups in total. The SMILES string of the molecule is O=[N+]([O-])c1ccc(Oc2ncnc(Cl)c2[N+](=O)[O-])cc1F. The zero-order chi connectivity index (χ0) is 15.6. The van der Waals surface area contributed by atoms with E-state index in [-0.39, 0.29) is 5.75 Å². The quantitative estimate of drug-likeness (QED) is 0.483. The van der Waals surface area contributed by atoms with Gasteiger partial charge < -0.3 is 4.74 Å². The summed E-state index contributed by atoms with van der Waals surface area (Å²) < 4.78 is 18.5. The van der Waals surface area contributed by atoms with Gasteiger partial charge in [0.05, 0.1) is 9.85 Å². The van der Waals surface area contributed by atoms with E-state index >= 15 is 0 Å². The smallest absolute Gasteiger partial charge is 0.368 e. The first-order valence-electron chi connectivity index (χ1n) is 5.17. The molecule has 1 aromatic heterocycles. The molecule has 0 aliphatic rings. The zero-order valence-corrected chi connectivity index (χ0v) is 10.7. The Kier molecular flexibility index (Phi) is 3.89. The molecule has 0 saturated carbocycles. The van der Waals surface area contributed by atoms with Gasteiger partial charge in [-0.05, 0) is 6.07 Å². The molecule has 1 aromatic carbocycles. The molecule has 0 saturated heterocycles. The highest BCUT2D eigenvalue weighted by molar-refractivity contribution is 6.31. The average molecular weight is 315 g/mol. The maximum atomic E-state index is 13.4. The van der Waals surface area contributed by atoms with E-state index in [4.69, 9.17) is 16.3 Å². The van der Waals surface area contributed by atoms with Gasteiger partial charge in [-0.3, -0.25) is 20.2 Å². The van der Waals surface area contributed by atoms with Crippen LogP contribution in [-0.2, 0) is 0 Å². The molecule has 0 unspecified atom stereocenters. The van der Waals surface area contributed by atoms with Crippen molar-refractivity contribution in [1.82, 2.24) is 9.97 Å². The summed E-state index contributed by atoms with van der Waals surface area (Å²) in [6, 6.07) is 2.64. The Hall–Kier alpha value is -2.88. The third kappa shape index (κ3) is 3.00. The number of rotatable bonds is 4. The summed E-state index contributed by atoms with van der Waals surface area (Å²) in [4.78, 5) is 26.5. The van der Waals surface area contributed by atoms with Gasteiger partial charge >= 0.3 is 17.3 Å². The van der Waals surface area contributed by atoms with Crippen LogP contribution in [0.2, 0.25) is 5.15 Å². The van der Waals surface area contributed by atoms with Crippen molar-refractivity contribution in [3.05, 3.63) is 55.7 Å². The van der Waals surface area contributed by atoms with Crippen LogP contribution in [0.15, 0.2) is 24.5 Å². The van der Waals surface area contributed by atoms with Crippen LogP contribution < -0.4 is 4.74 Å². The van der Waals surface area contributed by atoms with E-state index < -0.39 is 38.1 Å². The highest BCUT2D eigenvalue weighted by Gasteiger charge is 2.24. The zero-order valence-electron chi connectivity index (χ0n) is 9.90. The van der Waals surface area contributed by atoms with Crippen LogP contribution in [-0.4, -0.2) is 19.8 Å². The number of nitrogens with zero attached hydrogens (tertiary/aromatic N) is 4. The highest BCUT2D eigenvalue weighted by atomic mass is 35.5. The van der Waals surface area contributed by atoms with Crippen molar-refractivity contribution in [3.8, 4) is 11.6 Å². The van der Waals surface area contributed by atoms with Gasteiger partial charge in [0.25, 0.3) is 0 Å². The molecule has 21 heavy (non-hydrogen) atoms. The summed E-state index contributed by atoms with van der Waals surface area (Å²) in [5.74, 6) is -1.87. The lowest BCUT2D eigenvalue weighted by Gasteiger charge is -2.05. The van der Waals surface area contributed by atoms with E-state index in [2.05, 4.69) is 9.97 Å². The summed E-state index contributed by atoms with van der Waals surface area (Å²) in [7, 11) is 0. The maximum Gasteiger partial charge on any atom is 0.368 e. The number of benzene rings is 1. The number of halogens is 2. The van der Waals surface area contributed by atoms with Gasteiger partial charge in [0.2, 0.25) is 11.0 Å². The van der Waals surface area contributed by atoms with Gasteiger partial charge in [0.15, 0.2) is 0 Å². The lowest BCUT2D eigenvalue weighted by atomic mass is 10.3. The van der Waals surface area contributed by atoms with Gasteiger partial charge in [0, 0.05) is 12.1 Å². The molecule has 2 rings (SSSR count). The Labute approximate surface area is 120 Å². The van der Waals surface area contributed by atoms with Gasteiger partial charge in [-0.15, -0.1) is 0 Å². The fourth-order valence-corrected chi connectivity index (χ4v) is 1.57. The van der Waals surface area contributed by atoms with Crippen LogP contribution in [0.1, 0.15) is 0 Å². The van der Waals surface area contributed by atoms with E-state index in [0.717, 1.165) is 18.5 Å². The third-order valence-corrected chi connectivity index (χ3v) is 2.53. The number of ether oxygens (including phenoxy) is 1. The van der Waals surface area contributed by atoms with Gasteiger partial charge in [-0.25, -0.2) is 4.98 Å². The second-order valence-corrected chi connectivity index (χ2v) is 3.91. The van der Waals surface area contributed by atoms with E-state index in [0.29, 0.717) is 6.07 Å². The first kappa shape index (κ1) is 14.5. The average Bonchev–Trinajstić information content (AvgIpc) is 2.37. The monoisotopic (exact) mass is 314 g/mol. The molecule has 108 valence electrons. The number of aromatic nitrogens is 2. The fourth-order valence-electron chi connectivity index (χ4n) is 1.38. The molecule has 0 amide bonds. The number of nitro benzene ring substituents is 1. The Bertz CT molecular complexity index is 741. The number of nitro groups is 2. The third-order valence-electron chi connectivity index (χ3n) is 2.26. The van der Waals surface area contributed by atoms with Crippen LogP contribution >= 0.6 is 11.6 Å². The molecule has 1 heterocycles. The van der Waals surface area contributed by atoms with E-state index in [1.54, 1.807) is 0 Å². The Morgan fingerprint density at radius 3 is 2.48 bits per heavy atom. The van der Waals surface area contributed by atoms with E-state index in [1.807, 2.05) is 0 Å². The topological polar surface area (TPSA) is 121 Å². The van der Waals surface area contributed by atoms with Crippen LogP contribution in [0, 0.1) is 26.0 Å². The van der Waals surface area contributed by atoms with Gasteiger partial charge in [-0.2, -0.15) is 9.37 Å². The molecule has 11 heteroatoms. The summed E-state index contributed by atoms with van der Waals surface area (Å²) in [6.45, 7) is 0. The standard InChI is InChI=1S/C10H4ClFN4O5/c11-9-8(16(19)20)10(14-4-13-9)21-5-1-2-7(15(17)18)6(12)3-5/h1-4H. The highest BCUT2D eigenvalue weighted by Crippen LogP contribution is 2.34. The van der Waals surface area contributed by atoms with Crippen LogP contribution in [0.3, 0.4) is 0 Å². The van der Waals surface area contributed by atoms with Crippen molar-refractivity contribution in [2.24, 2.45) is 0 Å². The fraction of sp³-hybridized carbons (Fsp3) is 0. The second-order valence-electron chi connectivity index (χ2n) is 3.55. The molecule has 0 radical (unpaired) electrons. The minimum Gasteiger partial charge on any atom is -0.433 e. The van der Waals surface area contributed by atoms with Crippen molar-refractivity contribution in [3.63, 3.8) is 0 Å². The second kappa shape index (κ2) is 5.63. The minimum atomic E-state index is -1.15. The normalized spacial score (nSPS) is 10.2. The predicted octanol–water partition coefficient (Wildman–Crippen LogP) is 2.88. The molecule has 0 aliphatic carbocycles. The lowest BCUT2D eigenvalue weighted by molar-refractivity contribution is -0.387. The summed E-state index contributed by atoms with van der Waals surface area (Å²) >= 11 is 5.55. The first-order valence-corrected chi connectivity index (χ1v) is 5.54. The van der Waals surface area contributed by atoms with Crippen molar-refractivity contribution in [2.45, 2.75) is 0 Å². The molecule has 0 atom stereocenters. The molecule has 0 fully saturated rings. The van der Waals surface area contributed by atoms with Gasteiger partial charge in [-0.1, -0.05) is 11.6 Å². The van der Waals surface area contributed by atoms with Crippen molar-refractivity contribution >= 4 is 23.0 Å². The lowest BCUT2D eigenvalue weighted by Crippen LogP contribution is -1.99. The molecule has 0 bridgehead atoms. The predicted molar refractivity (Wildman–Crippen MR) is 66.8 cm³/mol. The van der Waals surface area contributed by atoms with E-state index in [1.165, 1.54) is 0 Å². The first-order chi connectivity index (χ1) is 9.90. The molecular weight excluding hydrogens is 311 g/mol. The van der Waals surface area contributed by atoms with Gasteiger partial charge in [0.1, 0.15) is 12.1 Å². The van der Waals surface area contributed by atoms with Crippen LogP contribution in [0.4, 0.5) is 15.8 Å². The summed E-state index contributed by atoms with van der Waals surface area (Å²) in [5.41, 5.74) is -1.45. The number of hydrogen-bond acceptors (Lipinski definition) is 7.